The minimum Gasteiger partial charge on any atom is -0.378 e. The molecular formula is C35H38N4O4. The van der Waals surface area contributed by atoms with Gasteiger partial charge in [0.2, 0.25) is 0 Å². The second-order valence-electron chi connectivity index (χ2n) is 11.9. The fourth-order valence-corrected chi connectivity index (χ4v) is 5.15. The second-order valence-corrected chi connectivity index (χ2v) is 11.9. The van der Waals surface area contributed by atoms with E-state index in [0.717, 1.165) is 16.7 Å². The average molecular weight is 579 g/mol. The molecule has 1 saturated heterocycles. The number of anilines is 3. The quantitative estimate of drug-likeness (QED) is 0.287. The number of hydrogen-bond donors (Lipinski definition) is 2. The first-order valence-corrected chi connectivity index (χ1v) is 14.5. The number of carbonyl (C=O) groups excluding carboxylic acids is 2. The Balaban J connectivity index is 1.35. The lowest BCUT2D eigenvalue weighted by molar-refractivity contribution is 0.0303. The lowest BCUT2D eigenvalue weighted by Crippen LogP contribution is -2.40. The Bertz CT molecular complexity index is 1690. The van der Waals surface area contributed by atoms with Gasteiger partial charge in [0.15, 0.2) is 0 Å². The van der Waals surface area contributed by atoms with Gasteiger partial charge in [0.05, 0.1) is 13.2 Å². The average Bonchev–Trinajstić information content (AvgIpc) is 3.00. The van der Waals surface area contributed by atoms with E-state index in [0.29, 0.717) is 54.5 Å². The summed E-state index contributed by atoms with van der Waals surface area (Å²) in [6.45, 7) is 10.6. The van der Waals surface area contributed by atoms with E-state index in [2.05, 4.69) is 31.4 Å². The molecule has 0 unspecified atom stereocenters. The number of aryl methyl sites for hydroxylation is 1. The number of morpholine rings is 1. The highest BCUT2D eigenvalue weighted by molar-refractivity contribution is 6.05. The Hall–Kier alpha value is -4.69. The molecule has 0 aliphatic carbocycles. The lowest BCUT2D eigenvalue weighted by Gasteiger charge is -2.26. The van der Waals surface area contributed by atoms with Crippen molar-refractivity contribution in [3.8, 4) is 11.1 Å². The second kappa shape index (κ2) is 12.3. The van der Waals surface area contributed by atoms with Crippen LogP contribution in [0.15, 0.2) is 83.8 Å². The molecule has 8 heteroatoms. The van der Waals surface area contributed by atoms with E-state index in [1.807, 2.05) is 55.5 Å². The zero-order chi connectivity index (χ0) is 30.7. The lowest BCUT2D eigenvalue weighted by atomic mass is 9.86. The number of amides is 2. The van der Waals surface area contributed by atoms with Gasteiger partial charge in [0.25, 0.3) is 17.4 Å². The molecule has 43 heavy (non-hydrogen) atoms. The van der Waals surface area contributed by atoms with Crippen molar-refractivity contribution < 1.29 is 14.3 Å². The fraction of sp³-hybridized carbons (Fsp3) is 0.286. The highest BCUT2D eigenvalue weighted by atomic mass is 16.5. The third-order valence-corrected chi connectivity index (χ3v) is 7.80. The molecule has 0 radical (unpaired) electrons. The highest BCUT2D eigenvalue weighted by Gasteiger charge is 2.19. The minimum absolute atomic E-state index is 0.00888. The number of carbonyl (C=O) groups is 2. The number of pyridine rings is 1. The standard InChI is InChI=1S/C35H38N4O4/c1-23-29(7-6-8-30(23)37-32(40)24-9-13-27(14-10-24)35(2,3)4)26-21-31(34(42)38(5)22-26)36-28-15-11-25(12-16-28)33(41)39-17-19-43-20-18-39/h6-16,21-22,36H,17-20H2,1-5H3,(H,37,40). The topological polar surface area (TPSA) is 92.7 Å². The molecule has 0 atom stereocenters. The molecule has 8 nitrogen and oxygen atoms in total. The molecule has 2 heterocycles. The molecule has 3 aromatic carbocycles. The number of nitrogens with one attached hydrogen (secondary N) is 2. The number of rotatable bonds is 6. The maximum atomic E-state index is 13.1. The summed E-state index contributed by atoms with van der Waals surface area (Å²) in [4.78, 5) is 40.7. The molecular weight excluding hydrogens is 540 g/mol. The van der Waals surface area contributed by atoms with Gasteiger partial charge >= 0.3 is 0 Å². The molecule has 1 aliphatic heterocycles. The number of nitrogens with zero attached hydrogens (tertiary/aromatic N) is 2. The Morgan fingerprint density at radius 3 is 2.16 bits per heavy atom. The van der Waals surface area contributed by atoms with Gasteiger partial charge < -0.3 is 24.8 Å². The molecule has 0 bridgehead atoms. The normalized spacial score (nSPS) is 13.5. The van der Waals surface area contributed by atoms with Gasteiger partial charge in [-0.05, 0) is 77.6 Å². The van der Waals surface area contributed by atoms with E-state index < -0.39 is 0 Å². The van der Waals surface area contributed by atoms with Gasteiger partial charge in [0, 0.05) is 54.4 Å². The molecule has 1 fully saturated rings. The number of aromatic nitrogens is 1. The van der Waals surface area contributed by atoms with E-state index in [1.165, 1.54) is 10.1 Å². The summed E-state index contributed by atoms with van der Waals surface area (Å²) >= 11 is 0. The van der Waals surface area contributed by atoms with Crippen LogP contribution in [0.25, 0.3) is 11.1 Å². The van der Waals surface area contributed by atoms with Crippen LogP contribution in [0.1, 0.15) is 52.6 Å². The minimum atomic E-state index is -0.182. The monoisotopic (exact) mass is 578 g/mol. The van der Waals surface area contributed by atoms with Crippen molar-refractivity contribution in [1.29, 1.82) is 0 Å². The van der Waals surface area contributed by atoms with Crippen molar-refractivity contribution >= 4 is 28.9 Å². The zero-order valence-electron chi connectivity index (χ0n) is 25.4. The van der Waals surface area contributed by atoms with Crippen LogP contribution in [0.2, 0.25) is 0 Å². The Labute approximate surface area is 252 Å². The van der Waals surface area contributed by atoms with Gasteiger partial charge in [-0.1, -0.05) is 45.0 Å². The number of benzene rings is 3. The molecule has 0 saturated carbocycles. The van der Waals surface area contributed by atoms with Crippen LogP contribution in [-0.2, 0) is 17.2 Å². The smallest absolute Gasteiger partial charge is 0.274 e. The molecule has 0 spiro atoms. The van der Waals surface area contributed by atoms with Crippen molar-refractivity contribution in [2.45, 2.75) is 33.1 Å². The van der Waals surface area contributed by atoms with Crippen LogP contribution in [0.5, 0.6) is 0 Å². The van der Waals surface area contributed by atoms with Crippen LogP contribution in [0.3, 0.4) is 0 Å². The van der Waals surface area contributed by atoms with Gasteiger partial charge in [-0.3, -0.25) is 14.4 Å². The predicted octanol–water partition coefficient (Wildman–Crippen LogP) is 6.13. The van der Waals surface area contributed by atoms with Crippen molar-refractivity contribution in [3.05, 3.63) is 112 Å². The molecule has 5 rings (SSSR count). The highest BCUT2D eigenvalue weighted by Crippen LogP contribution is 2.30. The maximum Gasteiger partial charge on any atom is 0.274 e. The molecule has 2 N–H and O–H groups in total. The van der Waals surface area contributed by atoms with Crippen LogP contribution < -0.4 is 16.2 Å². The fourth-order valence-electron chi connectivity index (χ4n) is 5.15. The van der Waals surface area contributed by atoms with Gasteiger partial charge in [-0.2, -0.15) is 0 Å². The molecule has 2 amide bonds. The van der Waals surface area contributed by atoms with Crippen molar-refractivity contribution in [1.82, 2.24) is 9.47 Å². The summed E-state index contributed by atoms with van der Waals surface area (Å²) in [6, 6.07) is 22.4. The Morgan fingerprint density at radius 1 is 0.860 bits per heavy atom. The number of hydrogen-bond acceptors (Lipinski definition) is 5. The first kappa shape index (κ1) is 29.8. The van der Waals surface area contributed by atoms with Crippen LogP contribution >= 0.6 is 0 Å². The molecule has 222 valence electrons. The van der Waals surface area contributed by atoms with Gasteiger partial charge in [0.1, 0.15) is 5.69 Å². The van der Waals surface area contributed by atoms with Crippen molar-refractivity contribution in [2.75, 3.05) is 36.9 Å². The predicted molar refractivity (Wildman–Crippen MR) is 171 cm³/mol. The van der Waals surface area contributed by atoms with E-state index in [1.54, 1.807) is 42.4 Å². The summed E-state index contributed by atoms with van der Waals surface area (Å²) in [5.41, 5.74) is 6.58. The van der Waals surface area contributed by atoms with E-state index >= 15 is 0 Å². The largest absolute Gasteiger partial charge is 0.378 e. The van der Waals surface area contributed by atoms with Crippen molar-refractivity contribution in [3.63, 3.8) is 0 Å². The van der Waals surface area contributed by atoms with Crippen LogP contribution in [0.4, 0.5) is 17.1 Å². The molecule has 1 aromatic heterocycles. The first-order chi connectivity index (χ1) is 20.5. The summed E-state index contributed by atoms with van der Waals surface area (Å²) in [5.74, 6) is -0.212. The third kappa shape index (κ3) is 6.70. The Morgan fingerprint density at radius 2 is 1.51 bits per heavy atom. The Kier molecular flexibility index (Phi) is 8.50. The third-order valence-electron chi connectivity index (χ3n) is 7.80. The summed E-state index contributed by atoms with van der Waals surface area (Å²) in [7, 11) is 1.71. The maximum absolute atomic E-state index is 13.1. The summed E-state index contributed by atoms with van der Waals surface area (Å²) < 4.78 is 6.88. The van der Waals surface area contributed by atoms with E-state index in [-0.39, 0.29) is 22.8 Å². The van der Waals surface area contributed by atoms with Crippen molar-refractivity contribution in [2.24, 2.45) is 7.05 Å². The van der Waals surface area contributed by atoms with Gasteiger partial charge in [-0.15, -0.1) is 0 Å². The summed E-state index contributed by atoms with van der Waals surface area (Å²) in [6.07, 6.45) is 1.79. The van der Waals surface area contributed by atoms with E-state index in [4.69, 9.17) is 4.74 Å². The molecule has 1 aliphatic rings. The van der Waals surface area contributed by atoms with Crippen LogP contribution in [-0.4, -0.2) is 47.6 Å². The van der Waals surface area contributed by atoms with Crippen LogP contribution in [0, 0.1) is 6.92 Å². The zero-order valence-corrected chi connectivity index (χ0v) is 25.4. The molecule has 4 aromatic rings. The van der Waals surface area contributed by atoms with E-state index in [9.17, 15) is 14.4 Å². The summed E-state index contributed by atoms with van der Waals surface area (Å²) in [5, 5.41) is 6.28. The first-order valence-electron chi connectivity index (χ1n) is 14.5. The van der Waals surface area contributed by atoms with Gasteiger partial charge in [-0.25, -0.2) is 0 Å². The number of ether oxygens (including phenoxy) is 1. The SMILES string of the molecule is Cc1c(NC(=O)c2ccc(C(C)(C)C)cc2)cccc1-c1cc(Nc2ccc(C(=O)N3CCOCC3)cc2)c(=O)n(C)c1.